The summed E-state index contributed by atoms with van der Waals surface area (Å²) >= 11 is 0. The summed E-state index contributed by atoms with van der Waals surface area (Å²) in [5, 5.41) is 9.60. The van der Waals surface area contributed by atoms with Crippen LogP contribution >= 0.6 is 0 Å². The van der Waals surface area contributed by atoms with Crippen molar-refractivity contribution in [2.24, 2.45) is 0 Å². The lowest BCUT2D eigenvalue weighted by molar-refractivity contribution is 0.596. The molecule has 0 saturated carbocycles. The maximum Gasteiger partial charge on any atom is 0.276 e. The van der Waals surface area contributed by atoms with Crippen LogP contribution in [0.1, 0.15) is 5.56 Å². The zero-order valence-corrected chi connectivity index (χ0v) is 14.4. The lowest BCUT2D eigenvalue weighted by Gasteiger charge is -2.19. The van der Waals surface area contributed by atoms with Gasteiger partial charge in [0.25, 0.3) is 10.0 Å². The predicted molar refractivity (Wildman–Crippen MR) is 98.3 cm³/mol. The van der Waals surface area contributed by atoms with Gasteiger partial charge >= 0.3 is 0 Å². The summed E-state index contributed by atoms with van der Waals surface area (Å²) in [6.07, 6.45) is 1.83. The summed E-state index contributed by atoms with van der Waals surface area (Å²) in [6.45, 7) is 1.88. The first-order chi connectivity index (χ1) is 12.0. The number of hydrogen-bond acceptors (Lipinski definition) is 3. The number of anilines is 1. The largest absolute Gasteiger partial charge is 0.276 e. The highest BCUT2D eigenvalue weighted by Gasteiger charge is 2.27. The molecule has 3 rings (SSSR count). The van der Waals surface area contributed by atoms with E-state index in [0.717, 1.165) is 15.4 Å². The molecule has 0 atom stereocenters. The highest BCUT2D eigenvalue weighted by molar-refractivity contribution is 7.93. The summed E-state index contributed by atoms with van der Waals surface area (Å²) in [5.41, 5.74) is 2.81. The minimum absolute atomic E-state index is 0.0857. The topological polar surface area (TPSA) is 61.2 Å². The van der Waals surface area contributed by atoms with Crippen LogP contribution in [0.3, 0.4) is 0 Å². The molecule has 0 aliphatic heterocycles. The Morgan fingerprint density at radius 1 is 0.840 bits per heavy atom. The number of nitrogens with zero attached hydrogens (tertiary/aromatic N) is 2. The van der Waals surface area contributed by atoms with E-state index in [1.807, 2.05) is 49.5 Å². The van der Waals surface area contributed by atoms with Gasteiger partial charge in [0.05, 0.1) is 10.6 Å². The van der Waals surface area contributed by atoms with Crippen LogP contribution in [0.15, 0.2) is 83.8 Å². The van der Waals surface area contributed by atoms with Crippen molar-refractivity contribution in [2.45, 2.75) is 11.8 Å². The van der Waals surface area contributed by atoms with Crippen LogP contribution in [-0.2, 0) is 10.0 Å². The standard InChI is InChI=1S/C20H16N2O2S/c1-16-11-13-18(14-12-16)25(23,24)22(15-21)20-10-6-5-9-19(20)17-7-3-2-4-8-17/h2-14H,1H3. The third-order valence-corrected chi connectivity index (χ3v) is 5.48. The van der Waals surface area contributed by atoms with E-state index in [4.69, 9.17) is 0 Å². The summed E-state index contributed by atoms with van der Waals surface area (Å²) in [7, 11) is -3.98. The van der Waals surface area contributed by atoms with Gasteiger partial charge in [0, 0.05) is 5.56 Å². The van der Waals surface area contributed by atoms with Crippen LogP contribution in [0.4, 0.5) is 5.69 Å². The van der Waals surface area contributed by atoms with Gasteiger partial charge in [0.2, 0.25) is 0 Å². The lowest BCUT2D eigenvalue weighted by Crippen LogP contribution is -2.26. The van der Waals surface area contributed by atoms with Gasteiger partial charge in [-0.25, -0.2) is 0 Å². The number of nitriles is 1. The van der Waals surface area contributed by atoms with E-state index < -0.39 is 10.0 Å². The molecule has 0 aromatic heterocycles. The first-order valence-corrected chi connectivity index (χ1v) is 9.14. The fraction of sp³-hybridized carbons (Fsp3) is 0.0500. The maximum atomic E-state index is 13.0. The zero-order valence-electron chi connectivity index (χ0n) is 13.6. The first kappa shape index (κ1) is 16.7. The number of sulfonamides is 1. The Kier molecular flexibility index (Phi) is 4.55. The summed E-state index contributed by atoms with van der Waals surface area (Å²) < 4.78 is 26.7. The molecule has 0 saturated heterocycles. The van der Waals surface area contributed by atoms with E-state index in [-0.39, 0.29) is 4.90 Å². The molecule has 25 heavy (non-hydrogen) atoms. The Morgan fingerprint density at radius 2 is 1.44 bits per heavy atom. The Labute approximate surface area is 147 Å². The zero-order chi connectivity index (χ0) is 17.9. The van der Waals surface area contributed by atoms with Crippen molar-refractivity contribution in [2.75, 3.05) is 4.31 Å². The molecule has 0 N–H and O–H groups in total. The Bertz CT molecular complexity index is 1020. The molecule has 5 heteroatoms. The van der Waals surface area contributed by atoms with Gasteiger partial charge in [-0.3, -0.25) is 0 Å². The molecule has 0 heterocycles. The molecular formula is C20H16N2O2S. The molecule has 0 fully saturated rings. The van der Waals surface area contributed by atoms with E-state index in [1.165, 1.54) is 12.1 Å². The van der Waals surface area contributed by atoms with Gasteiger partial charge in [0.1, 0.15) is 0 Å². The van der Waals surface area contributed by atoms with Crippen molar-refractivity contribution >= 4 is 15.7 Å². The molecule has 124 valence electrons. The summed E-state index contributed by atoms with van der Waals surface area (Å²) in [6, 6.07) is 22.8. The summed E-state index contributed by atoms with van der Waals surface area (Å²) in [5.74, 6) is 0. The normalized spacial score (nSPS) is 10.9. The van der Waals surface area contributed by atoms with Gasteiger partial charge < -0.3 is 0 Å². The van der Waals surface area contributed by atoms with Gasteiger partial charge in [-0.1, -0.05) is 66.2 Å². The van der Waals surface area contributed by atoms with Crippen molar-refractivity contribution < 1.29 is 8.42 Å². The van der Waals surface area contributed by atoms with E-state index in [1.54, 1.807) is 30.3 Å². The molecule has 0 spiro atoms. The Hall–Kier alpha value is -3.10. The number of aryl methyl sites for hydroxylation is 1. The molecule has 3 aromatic carbocycles. The van der Waals surface area contributed by atoms with Crippen LogP contribution in [0.2, 0.25) is 0 Å². The quantitative estimate of drug-likeness (QED) is 0.520. The number of para-hydroxylation sites is 1. The van der Waals surface area contributed by atoms with Crippen LogP contribution in [-0.4, -0.2) is 8.42 Å². The highest BCUT2D eigenvalue weighted by Crippen LogP contribution is 2.33. The van der Waals surface area contributed by atoms with E-state index in [0.29, 0.717) is 11.3 Å². The van der Waals surface area contributed by atoms with Crippen molar-refractivity contribution in [3.8, 4) is 17.3 Å². The molecule has 0 aliphatic rings. The average Bonchev–Trinajstić information content (AvgIpc) is 2.64. The minimum atomic E-state index is -3.98. The fourth-order valence-electron chi connectivity index (χ4n) is 2.57. The fourth-order valence-corrected chi connectivity index (χ4v) is 3.78. The van der Waals surface area contributed by atoms with Crippen molar-refractivity contribution in [1.29, 1.82) is 5.26 Å². The van der Waals surface area contributed by atoms with Crippen molar-refractivity contribution in [3.63, 3.8) is 0 Å². The minimum Gasteiger partial charge on any atom is -0.200 e. The lowest BCUT2D eigenvalue weighted by atomic mass is 10.0. The summed E-state index contributed by atoms with van der Waals surface area (Å²) in [4.78, 5) is 0.0857. The van der Waals surface area contributed by atoms with E-state index in [2.05, 4.69) is 0 Å². The molecule has 0 bridgehead atoms. The molecular weight excluding hydrogens is 332 g/mol. The molecule has 0 amide bonds. The van der Waals surface area contributed by atoms with Gasteiger partial charge in [0.15, 0.2) is 6.19 Å². The predicted octanol–water partition coefficient (Wildman–Crippen LogP) is 4.34. The Morgan fingerprint density at radius 3 is 2.08 bits per heavy atom. The smallest absolute Gasteiger partial charge is 0.200 e. The maximum absolute atomic E-state index is 13.0. The number of benzene rings is 3. The highest BCUT2D eigenvalue weighted by atomic mass is 32.2. The number of rotatable bonds is 4. The molecule has 3 aromatic rings. The van der Waals surface area contributed by atoms with E-state index in [9.17, 15) is 13.7 Å². The van der Waals surface area contributed by atoms with Gasteiger partial charge in [-0.05, 0) is 30.7 Å². The van der Waals surface area contributed by atoms with Crippen LogP contribution in [0.25, 0.3) is 11.1 Å². The van der Waals surface area contributed by atoms with Crippen LogP contribution < -0.4 is 4.31 Å². The van der Waals surface area contributed by atoms with Crippen molar-refractivity contribution in [3.05, 3.63) is 84.4 Å². The molecule has 0 unspecified atom stereocenters. The SMILES string of the molecule is Cc1ccc(S(=O)(=O)N(C#N)c2ccccc2-c2ccccc2)cc1. The Balaban J connectivity index is 2.15. The van der Waals surface area contributed by atoms with Gasteiger partial charge in [-0.15, -0.1) is 0 Å². The first-order valence-electron chi connectivity index (χ1n) is 7.70. The third kappa shape index (κ3) is 3.25. The second-order valence-corrected chi connectivity index (χ2v) is 7.35. The monoisotopic (exact) mass is 348 g/mol. The van der Waals surface area contributed by atoms with Crippen LogP contribution in [0, 0.1) is 18.4 Å². The van der Waals surface area contributed by atoms with Crippen LogP contribution in [0.5, 0.6) is 0 Å². The second kappa shape index (κ2) is 6.80. The molecule has 0 radical (unpaired) electrons. The van der Waals surface area contributed by atoms with E-state index >= 15 is 0 Å². The second-order valence-electron chi connectivity index (χ2n) is 5.57. The third-order valence-electron chi connectivity index (χ3n) is 3.86. The van der Waals surface area contributed by atoms with Gasteiger partial charge in [-0.2, -0.15) is 18.0 Å². The van der Waals surface area contributed by atoms with Crippen molar-refractivity contribution in [1.82, 2.24) is 0 Å². The molecule has 4 nitrogen and oxygen atoms in total. The molecule has 0 aliphatic carbocycles. The number of hydrogen-bond donors (Lipinski definition) is 0. The average molecular weight is 348 g/mol.